The smallest absolute Gasteiger partial charge is 0.256 e. The van der Waals surface area contributed by atoms with Crippen molar-refractivity contribution < 1.29 is 9.59 Å². The van der Waals surface area contributed by atoms with Gasteiger partial charge in [0, 0.05) is 5.69 Å². The molecule has 4 nitrogen and oxygen atoms in total. The first-order valence-corrected chi connectivity index (χ1v) is 7.88. The van der Waals surface area contributed by atoms with E-state index in [0.717, 1.165) is 23.2 Å². The minimum Gasteiger partial charge on any atom is -0.373 e. The van der Waals surface area contributed by atoms with Gasteiger partial charge in [0.15, 0.2) is 0 Å². The zero-order valence-electron chi connectivity index (χ0n) is 13.4. The van der Waals surface area contributed by atoms with E-state index in [0.29, 0.717) is 5.69 Å². The van der Waals surface area contributed by atoms with Gasteiger partial charge < -0.3 is 5.32 Å². The summed E-state index contributed by atoms with van der Waals surface area (Å²) in [6.07, 6.45) is 1.06. The molecule has 1 aliphatic heterocycles. The molecule has 0 spiro atoms. The number of hydrogen-bond acceptors (Lipinski definition) is 3. The van der Waals surface area contributed by atoms with Crippen LogP contribution in [0.25, 0.3) is 0 Å². The average molecular weight is 308 g/mol. The molecule has 0 aliphatic carbocycles. The molecule has 23 heavy (non-hydrogen) atoms. The Morgan fingerprint density at radius 3 is 2.65 bits per heavy atom. The van der Waals surface area contributed by atoms with E-state index in [1.165, 1.54) is 4.90 Å². The van der Waals surface area contributed by atoms with E-state index < -0.39 is 6.04 Å². The third-order valence-electron chi connectivity index (χ3n) is 4.13. The second-order valence-corrected chi connectivity index (χ2v) is 5.82. The fraction of sp³-hybridized carbons (Fsp3) is 0.263. The molecule has 0 aromatic heterocycles. The quantitative estimate of drug-likeness (QED) is 0.882. The van der Waals surface area contributed by atoms with Crippen molar-refractivity contribution in [3.05, 3.63) is 59.7 Å². The van der Waals surface area contributed by atoms with E-state index >= 15 is 0 Å². The molecule has 1 saturated heterocycles. The third-order valence-corrected chi connectivity index (χ3v) is 4.13. The lowest BCUT2D eigenvalue weighted by Gasteiger charge is -2.17. The Morgan fingerprint density at radius 2 is 1.91 bits per heavy atom. The van der Waals surface area contributed by atoms with E-state index in [1.54, 1.807) is 6.07 Å². The first-order valence-electron chi connectivity index (χ1n) is 7.88. The first-order chi connectivity index (χ1) is 11.1. The number of carbonyl (C=O) groups is 2. The molecule has 4 heteroatoms. The molecule has 0 bridgehead atoms. The second-order valence-electron chi connectivity index (χ2n) is 5.82. The molecule has 1 atom stereocenters. The number of rotatable bonds is 4. The summed E-state index contributed by atoms with van der Waals surface area (Å²) in [5, 5.41) is 3.24. The van der Waals surface area contributed by atoms with Crippen LogP contribution in [-0.4, -0.2) is 17.9 Å². The Hall–Kier alpha value is -2.62. The number of aryl methyl sites for hydroxylation is 2. The Morgan fingerprint density at radius 1 is 1.13 bits per heavy atom. The molecule has 1 N–H and O–H groups in total. The number of anilines is 2. The minimum absolute atomic E-state index is 0.160. The molecule has 2 aromatic carbocycles. The number of hydrogen-bond donors (Lipinski definition) is 1. The largest absolute Gasteiger partial charge is 0.373 e. The van der Waals surface area contributed by atoms with Gasteiger partial charge in [-0.25, -0.2) is 4.90 Å². The summed E-state index contributed by atoms with van der Waals surface area (Å²) in [6.45, 7) is 4.02. The maximum atomic E-state index is 12.7. The average Bonchev–Trinajstić information content (AvgIpc) is 2.82. The summed E-state index contributed by atoms with van der Waals surface area (Å²) in [7, 11) is 0. The lowest BCUT2D eigenvalue weighted by Crippen LogP contribution is -2.35. The van der Waals surface area contributed by atoms with Crippen LogP contribution in [0, 0.1) is 6.92 Å². The van der Waals surface area contributed by atoms with Crippen molar-refractivity contribution in [1.29, 1.82) is 0 Å². The Kier molecular flexibility index (Phi) is 4.15. The summed E-state index contributed by atoms with van der Waals surface area (Å²) < 4.78 is 0. The van der Waals surface area contributed by atoms with Crippen LogP contribution in [0.4, 0.5) is 11.4 Å². The lowest BCUT2D eigenvalue weighted by molar-refractivity contribution is -0.121. The van der Waals surface area contributed by atoms with Crippen LogP contribution in [0.15, 0.2) is 48.5 Å². The van der Waals surface area contributed by atoms with Crippen molar-refractivity contribution in [3.63, 3.8) is 0 Å². The molecule has 3 rings (SSSR count). The van der Waals surface area contributed by atoms with Gasteiger partial charge in [-0.15, -0.1) is 0 Å². The maximum absolute atomic E-state index is 12.7. The van der Waals surface area contributed by atoms with Crippen LogP contribution in [-0.2, 0) is 16.0 Å². The van der Waals surface area contributed by atoms with Crippen molar-refractivity contribution in [3.8, 4) is 0 Å². The highest BCUT2D eigenvalue weighted by atomic mass is 16.2. The summed E-state index contributed by atoms with van der Waals surface area (Å²) in [6, 6.07) is 14.8. The molecular weight excluding hydrogens is 288 g/mol. The summed E-state index contributed by atoms with van der Waals surface area (Å²) in [5.41, 5.74) is 3.73. The number of benzene rings is 2. The predicted molar refractivity (Wildman–Crippen MR) is 91.5 cm³/mol. The highest BCUT2D eigenvalue weighted by molar-refractivity contribution is 6.23. The normalized spacial score (nSPS) is 17.7. The molecule has 1 heterocycles. The molecular formula is C19H20N2O2. The van der Waals surface area contributed by atoms with E-state index in [2.05, 4.69) is 12.2 Å². The van der Waals surface area contributed by atoms with Crippen molar-refractivity contribution in [1.82, 2.24) is 0 Å². The Labute approximate surface area is 136 Å². The third kappa shape index (κ3) is 2.97. The van der Waals surface area contributed by atoms with Gasteiger partial charge in [0.25, 0.3) is 5.91 Å². The molecule has 1 aliphatic rings. The van der Waals surface area contributed by atoms with Crippen molar-refractivity contribution in [2.45, 2.75) is 32.7 Å². The monoisotopic (exact) mass is 308 g/mol. The zero-order chi connectivity index (χ0) is 16.4. The molecule has 1 unspecified atom stereocenters. The van der Waals surface area contributed by atoms with Crippen LogP contribution in [0.3, 0.4) is 0 Å². The predicted octanol–water partition coefficient (Wildman–Crippen LogP) is 3.30. The molecule has 2 amide bonds. The van der Waals surface area contributed by atoms with Crippen LogP contribution >= 0.6 is 0 Å². The lowest BCUT2D eigenvalue weighted by atomic mass is 10.1. The van der Waals surface area contributed by atoms with Gasteiger partial charge in [-0.05, 0) is 42.7 Å². The van der Waals surface area contributed by atoms with E-state index in [1.807, 2.05) is 49.4 Å². The van der Waals surface area contributed by atoms with Gasteiger partial charge in [0.05, 0.1) is 12.1 Å². The van der Waals surface area contributed by atoms with Crippen molar-refractivity contribution in [2.75, 3.05) is 10.2 Å². The molecule has 118 valence electrons. The summed E-state index contributed by atoms with van der Waals surface area (Å²) in [4.78, 5) is 26.3. The van der Waals surface area contributed by atoms with Gasteiger partial charge in [-0.1, -0.05) is 37.3 Å². The fourth-order valence-electron chi connectivity index (χ4n) is 2.94. The van der Waals surface area contributed by atoms with E-state index in [-0.39, 0.29) is 18.2 Å². The number of nitrogens with one attached hydrogen (secondary N) is 1. The Bertz CT molecular complexity index is 755. The first kappa shape index (κ1) is 15.3. The highest BCUT2D eigenvalue weighted by Crippen LogP contribution is 2.26. The standard InChI is InChI=1S/C19H20N2O2/c1-3-14-8-4-5-10-16(14)20-17-12-18(22)21(19(17)23)15-9-6-7-13(2)11-15/h4-11,17,20H,3,12H2,1-2H3. The van der Waals surface area contributed by atoms with Crippen LogP contribution in [0.2, 0.25) is 0 Å². The van der Waals surface area contributed by atoms with Gasteiger partial charge >= 0.3 is 0 Å². The summed E-state index contributed by atoms with van der Waals surface area (Å²) >= 11 is 0. The highest BCUT2D eigenvalue weighted by Gasteiger charge is 2.39. The number of imide groups is 1. The van der Waals surface area contributed by atoms with E-state index in [4.69, 9.17) is 0 Å². The number of para-hydroxylation sites is 1. The topological polar surface area (TPSA) is 49.4 Å². The van der Waals surface area contributed by atoms with Gasteiger partial charge in [0.2, 0.25) is 5.91 Å². The minimum atomic E-state index is -0.504. The van der Waals surface area contributed by atoms with Crippen molar-refractivity contribution >= 4 is 23.2 Å². The molecule has 1 fully saturated rings. The van der Waals surface area contributed by atoms with Crippen LogP contribution in [0.1, 0.15) is 24.5 Å². The summed E-state index contributed by atoms with van der Waals surface area (Å²) in [5.74, 6) is -0.349. The molecule has 0 radical (unpaired) electrons. The van der Waals surface area contributed by atoms with Gasteiger partial charge in [-0.2, -0.15) is 0 Å². The Balaban J connectivity index is 1.84. The van der Waals surface area contributed by atoms with Gasteiger partial charge in [-0.3, -0.25) is 9.59 Å². The fourth-order valence-corrected chi connectivity index (χ4v) is 2.94. The van der Waals surface area contributed by atoms with Crippen LogP contribution < -0.4 is 10.2 Å². The maximum Gasteiger partial charge on any atom is 0.256 e. The number of amides is 2. The van der Waals surface area contributed by atoms with Crippen LogP contribution in [0.5, 0.6) is 0 Å². The number of nitrogens with zero attached hydrogens (tertiary/aromatic N) is 1. The molecule has 0 saturated carbocycles. The second kappa shape index (κ2) is 6.24. The SMILES string of the molecule is CCc1ccccc1NC1CC(=O)N(c2cccc(C)c2)C1=O. The zero-order valence-corrected chi connectivity index (χ0v) is 13.4. The van der Waals surface area contributed by atoms with E-state index in [9.17, 15) is 9.59 Å². The molecule has 2 aromatic rings. The number of carbonyl (C=O) groups excluding carboxylic acids is 2. The van der Waals surface area contributed by atoms with Gasteiger partial charge in [0.1, 0.15) is 6.04 Å². The van der Waals surface area contributed by atoms with Crippen molar-refractivity contribution in [2.24, 2.45) is 0 Å².